The van der Waals surface area contributed by atoms with Crippen LogP contribution >= 0.6 is 11.3 Å². The summed E-state index contributed by atoms with van der Waals surface area (Å²) in [6.45, 7) is 4.12. The molecule has 0 unspecified atom stereocenters. The number of piperidine rings is 1. The van der Waals surface area contributed by atoms with Crippen molar-refractivity contribution >= 4 is 29.2 Å². The van der Waals surface area contributed by atoms with Gasteiger partial charge in [0.15, 0.2) is 0 Å². The van der Waals surface area contributed by atoms with E-state index in [1.165, 1.54) is 4.88 Å². The molecule has 1 N–H and O–H groups in total. The average Bonchev–Trinajstić information content (AvgIpc) is 3.41. The molecule has 4 heterocycles. The first kappa shape index (κ1) is 23.3. The highest BCUT2D eigenvalue weighted by Crippen LogP contribution is 2.31. The summed E-state index contributed by atoms with van der Waals surface area (Å²) in [4.78, 5) is 34.1. The van der Waals surface area contributed by atoms with E-state index >= 15 is 0 Å². The Morgan fingerprint density at radius 1 is 1.11 bits per heavy atom. The number of hydrogen-bond donors (Lipinski definition) is 1. The molecule has 180 valence electrons. The molecular formula is C28H29N3O3S. The number of ether oxygens (including phenoxy) is 1. The predicted molar refractivity (Wildman–Crippen MR) is 138 cm³/mol. The van der Waals surface area contributed by atoms with Crippen molar-refractivity contribution in [3.8, 4) is 5.75 Å². The summed E-state index contributed by atoms with van der Waals surface area (Å²) < 4.78 is 5.78. The van der Waals surface area contributed by atoms with Gasteiger partial charge in [-0.05, 0) is 61.9 Å². The number of nitrogens with zero attached hydrogens (tertiary/aromatic N) is 2. The van der Waals surface area contributed by atoms with Crippen LogP contribution in [0.2, 0.25) is 0 Å². The second kappa shape index (κ2) is 10.4. The van der Waals surface area contributed by atoms with Crippen molar-refractivity contribution in [1.29, 1.82) is 0 Å². The van der Waals surface area contributed by atoms with Gasteiger partial charge in [0.2, 0.25) is 0 Å². The molecule has 2 amide bonds. The molecule has 35 heavy (non-hydrogen) atoms. The molecule has 1 fully saturated rings. The molecule has 1 aromatic carbocycles. The van der Waals surface area contributed by atoms with E-state index in [1.54, 1.807) is 11.3 Å². The lowest BCUT2D eigenvalue weighted by atomic mass is 9.89. The van der Waals surface area contributed by atoms with Gasteiger partial charge in [-0.2, -0.15) is 0 Å². The van der Waals surface area contributed by atoms with E-state index in [-0.39, 0.29) is 17.7 Å². The van der Waals surface area contributed by atoms with Crippen LogP contribution in [-0.4, -0.2) is 47.9 Å². The number of aryl methyl sites for hydroxylation is 1. The van der Waals surface area contributed by atoms with E-state index in [9.17, 15) is 9.59 Å². The molecule has 2 aliphatic heterocycles. The van der Waals surface area contributed by atoms with Crippen LogP contribution in [0.25, 0.3) is 6.08 Å². The zero-order chi connectivity index (χ0) is 24.2. The number of amides is 2. The van der Waals surface area contributed by atoms with E-state index in [0.717, 1.165) is 42.0 Å². The van der Waals surface area contributed by atoms with Gasteiger partial charge < -0.3 is 15.0 Å². The Kier molecular flexibility index (Phi) is 6.95. The number of hydrogen-bond acceptors (Lipinski definition) is 5. The number of rotatable bonds is 6. The average molecular weight is 488 g/mol. The molecule has 0 aliphatic carbocycles. The highest BCUT2D eigenvalue weighted by Gasteiger charge is 2.30. The smallest absolute Gasteiger partial charge is 0.253 e. The quantitative estimate of drug-likeness (QED) is 0.551. The Bertz CT molecular complexity index is 1240. The minimum atomic E-state index is -0.0780. The third-order valence-corrected chi connectivity index (χ3v) is 7.56. The number of benzene rings is 1. The van der Waals surface area contributed by atoms with Gasteiger partial charge >= 0.3 is 0 Å². The summed E-state index contributed by atoms with van der Waals surface area (Å²) in [6, 6.07) is 15.6. The van der Waals surface area contributed by atoms with Crippen molar-refractivity contribution in [2.45, 2.75) is 32.1 Å². The SMILES string of the molecule is Cc1ccc(C(=O)NCCc2cccs2)c(C2CCN(C(=O)C3=Cc4ccccc4OC3)CC2)n1. The zero-order valence-corrected chi connectivity index (χ0v) is 20.6. The van der Waals surface area contributed by atoms with Crippen molar-refractivity contribution in [1.82, 2.24) is 15.2 Å². The van der Waals surface area contributed by atoms with Crippen molar-refractivity contribution in [2.24, 2.45) is 0 Å². The van der Waals surface area contributed by atoms with Crippen molar-refractivity contribution < 1.29 is 14.3 Å². The molecule has 2 aliphatic rings. The molecule has 0 spiro atoms. The molecule has 0 saturated carbocycles. The van der Waals surface area contributed by atoms with Gasteiger partial charge in [0.1, 0.15) is 12.4 Å². The predicted octanol–water partition coefficient (Wildman–Crippen LogP) is 4.61. The van der Waals surface area contributed by atoms with Gasteiger partial charge in [0.05, 0.1) is 16.8 Å². The fourth-order valence-corrected chi connectivity index (χ4v) is 5.44. The fraction of sp³-hybridized carbons (Fsp3) is 0.321. The van der Waals surface area contributed by atoms with Gasteiger partial charge in [0.25, 0.3) is 11.8 Å². The van der Waals surface area contributed by atoms with Gasteiger partial charge in [0, 0.05) is 41.7 Å². The van der Waals surface area contributed by atoms with E-state index in [2.05, 4.69) is 11.4 Å². The number of thiophene rings is 1. The number of fused-ring (bicyclic) bond motifs is 1. The normalized spacial score (nSPS) is 15.7. The maximum absolute atomic E-state index is 13.1. The molecule has 5 rings (SSSR count). The van der Waals surface area contributed by atoms with Crippen molar-refractivity contribution in [3.63, 3.8) is 0 Å². The summed E-state index contributed by atoms with van der Waals surface area (Å²) in [5.41, 5.74) is 4.01. The molecular weight excluding hydrogens is 458 g/mol. The summed E-state index contributed by atoms with van der Waals surface area (Å²) in [5, 5.41) is 5.10. The Balaban J connectivity index is 1.23. The monoisotopic (exact) mass is 487 g/mol. The number of aromatic nitrogens is 1. The summed E-state index contributed by atoms with van der Waals surface area (Å²) >= 11 is 1.70. The minimum absolute atomic E-state index is 0.0294. The van der Waals surface area contributed by atoms with Crippen LogP contribution in [0.5, 0.6) is 5.75 Å². The lowest BCUT2D eigenvalue weighted by Crippen LogP contribution is -2.40. The number of carbonyl (C=O) groups excluding carboxylic acids is 2. The Hall–Kier alpha value is -3.45. The summed E-state index contributed by atoms with van der Waals surface area (Å²) in [5.74, 6) is 0.913. The number of nitrogens with one attached hydrogen (secondary N) is 1. The van der Waals surface area contributed by atoms with Crippen LogP contribution in [0.15, 0.2) is 59.5 Å². The molecule has 2 aromatic heterocycles. The fourth-order valence-electron chi connectivity index (χ4n) is 4.73. The third kappa shape index (κ3) is 5.30. The number of likely N-dealkylation sites (tertiary alicyclic amines) is 1. The standard InChI is InChI=1S/C28H29N3O3S/c1-19-8-9-24(27(32)29-13-10-23-6-4-16-35-23)26(30-19)20-11-14-31(15-12-20)28(33)22-17-21-5-2-3-7-25(21)34-18-22/h2-9,16-17,20H,10-15,18H2,1H3,(H,29,32). The Labute approximate surface area is 209 Å². The highest BCUT2D eigenvalue weighted by molar-refractivity contribution is 7.09. The molecule has 1 saturated heterocycles. The van der Waals surface area contributed by atoms with E-state index in [0.29, 0.717) is 37.4 Å². The second-order valence-electron chi connectivity index (χ2n) is 9.03. The highest BCUT2D eigenvalue weighted by atomic mass is 32.1. The van der Waals surface area contributed by atoms with Crippen LogP contribution in [0.4, 0.5) is 0 Å². The Morgan fingerprint density at radius 2 is 1.94 bits per heavy atom. The number of carbonyl (C=O) groups is 2. The lowest BCUT2D eigenvalue weighted by Gasteiger charge is -2.33. The topological polar surface area (TPSA) is 71.5 Å². The van der Waals surface area contributed by atoms with E-state index in [4.69, 9.17) is 9.72 Å². The molecule has 3 aromatic rings. The molecule has 6 nitrogen and oxygen atoms in total. The summed E-state index contributed by atoms with van der Waals surface area (Å²) in [6.07, 6.45) is 4.32. The van der Waals surface area contributed by atoms with Crippen LogP contribution in [0.1, 0.15) is 50.9 Å². The molecule has 0 atom stereocenters. The molecule has 7 heteroatoms. The number of pyridine rings is 1. The third-order valence-electron chi connectivity index (χ3n) is 6.62. The van der Waals surface area contributed by atoms with Gasteiger partial charge in [-0.3, -0.25) is 14.6 Å². The lowest BCUT2D eigenvalue weighted by molar-refractivity contribution is -0.128. The number of para-hydroxylation sites is 1. The van der Waals surface area contributed by atoms with Crippen molar-refractivity contribution in [3.05, 3.63) is 86.9 Å². The van der Waals surface area contributed by atoms with Gasteiger partial charge in [-0.15, -0.1) is 11.3 Å². The van der Waals surface area contributed by atoms with Gasteiger partial charge in [-0.25, -0.2) is 0 Å². The molecule has 0 radical (unpaired) electrons. The zero-order valence-electron chi connectivity index (χ0n) is 19.8. The van der Waals surface area contributed by atoms with Crippen LogP contribution in [0.3, 0.4) is 0 Å². The van der Waals surface area contributed by atoms with Crippen LogP contribution < -0.4 is 10.1 Å². The summed E-state index contributed by atoms with van der Waals surface area (Å²) in [7, 11) is 0. The first-order valence-corrected chi connectivity index (χ1v) is 13.0. The van der Waals surface area contributed by atoms with Crippen molar-refractivity contribution in [2.75, 3.05) is 26.2 Å². The Morgan fingerprint density at radius 3 is 2.74 bits per heavy atom. The van der Waals surface area contributed by atoms with Gasteiger partial charge in [-0.1, -0.05) is 24.3 Å². The second-order valence-corrected chi connectivity index (χ2v) is 10.1. The largest absolute Gasteiger partial charge is 0.488 e. The van der Waals surface area contributed by atoms with E-state index < -0.39 is 0 Å². The first-order valence-electron chi connectivity index (χ1n) is 12.1. The maximum atomic E-state index is 13.1. The minimum Gasteiger partial charge on any atom is -0.488 e. The van der Waals surface area contributed by atoms with Crippen LogP contribution in [-0.2, 0) is 11.2 Å². The van der Waals surface area contributed by atoms with Crippen LogP contribution in [0, 0.1) is 6.92 Å². The molecule has 0 bridgehead atoms. The maximum Gasteiger partial charge on any atom is 0.253 e. The first-order chi connectivity index (χ1) is 17.1. The van der Waals surface area contributed by atoms with E-state index in [1.807, 2.05) is 65.7 Å².